The lowest BCUT2D eigenvalue weighted by molar-refractivity contribution is -0.140. The maximum atomic E-state index is 12.4. The average molecular weight is 306 g/mol. The van der Waals surface area contributed by atoms with Gasteiger partial charge in [-0.1, -0.05) is 18.2 Å². The molecule has 2 unspecified atom stereocenters. The Morgan fingerprint density at radius 1 is 1.43 bits per heavy atom. The molecule has 0 saturated heterocycles. The van der Waals surface area contributed by atoms with E-state index in [4.69, 9.17) is 10.4 Å². The van der Waals surface area contributed by atoms with Gasteiger partial charge in [0.2, 0.25) is 10.0 Å². The molecule has 2 atom stereocenters. The first-order chi connectivity index (χ1) is 9.83. The molecule has 7 heteroatoms. The van der Waals surface area contributed by atoms with Crippen molar-refractivity contribution in [3.8, 4) is 6.07 Å². The molecule has 1 aromatic rings. The number of carbonyl (C=O) groups is 1. The molecule has 0 amide bonds. The maximum absolute atomic E-state index is 12.4. The van der Waals surface area contributed by atoms with Gasteiger partial charge in [0.15, 0.2) is 0 Å². The van der Waals surface area contributed by atoms with E-state index in [0.717, 1.165) is 0 Å². The van der Waals surface area contributed by atoms with Crippen molar-refractivity contribution in [2.75, 3.05) is 0 Å². The maximum Gasteiger partial charge on any atom is 0.310 e. The van der Waals surface area contributed by atoms with Gasteiger partial charge in [0.05, 0.1) is 22.4 Å². The van der Waals surface area contributed by atoms with Crippen LogP contribution in [0.4, 0.5) is 0 Å². The molecule has 0 bridgehead atoms. The number of hydrogen-bond acceptors (Lipinski definition) is 4. The summed E-state index contributed by atoms with van der Waals surface area (Å²) in [7, 11) is -3.80. The van der Waals surface area contributed by atoms with E-state index >= 15 is 0 Å². The quantitative estimate of drug-likeness (QED) is 0.812. The van der Waals surface area contributed by atoms with Crippen molar-refractivity contribution in [2.45, 2.75) is 24.3 Å². The molecule has 0 saturated carbocycles. The first-order valence-corrected chi connectivity index (χ1v) is 7.76. The van der Waals surface area contributed by atoms with E-state index in [1.54, 1.807) is 25.1 Å². The highest BCUT2D eigenvalue weighted by Gasteiger charge is 2.28. The van der Waals surface area contributed by atoms with E-state index in [2.05, 4.69) is 4.72 Å². The Morgan fingerprint density at radius 3 is 2.71 bits per heavy atom. The second-order valence-electron chi connectivity index (χ2n) is 4.89. The van der Waals surface area contributed by atoms with Crippen LogP contribution in [0, 0.1) is 24.2 Å². The second kappa shape index (κ2) is 5.68. The Kier molecular flexibility index (Phi) is 4.11. The Labute approximate surface area is 122 Å². The zero-order valence-corrected chi connectivity index (χ0v) is 12.1. The third-order valence-corrected chi connectivity index (χ3v) is 4.95. The smallest absolute Gasteiger partial charge is 0.310 e. The number of hydrogen-bond donors (Lipinski definition) is 2. The van der Waals surface area contributed by atoms with Crippen LogP contribution in [0.25, 0.3) is 0 Å². The van der Waals surface area contributed by atoms with E-state index in [9.17, 15) is 13.2 Å². The zero-order valence-electron chi connectivity index (χ0n) is 11.3. The number of aryl methyl sites for hydroxylation is 1. The number of benzene rings is 1. The number of nitriles is 1. The van der Waals surface area contributed by atoms with Gasteiger partial charge in [-0.25, -0.2) is 13.1 Å². The summed E-state index contributed by atoms with van der Waals surface area (Å²) in [6.45, 7) is 1.64. The fourth-order valence-electron chi connectivity index (χ4n) is 2.19. The monoisotopic (exact) mass is 306 g/mol. The summed E-state index contributed by atoms with van der Waals surface area (Å²) in [6, 6.07) is 5.77. The summed E-state index contributed by atoms with van der Waals surface area (Å²) in [4.78, 5) is 10.9. The lowest BCUT2D eigenvalue weighted by Crippen LogP contribution is -2.33. The van der Waals surface area contributed by atoms with Crippen molar-refractivity contribution in [2.24, 2.45) is 5.92 Å². The fraction of sp³-hybridized carbons (Fsp3) is 0.286. The van der Waals surface area contributed by atoms with Crippen LogP contribution in [0.15, 0.2) is 35.2 Å². The number of carboxylic acid groups (broad SMARTS) is 1. The molecule has 21 heavy (non-hydrogen) atoms. The molecule has 0 aromatic heterocycles. The summed E-state index contributed by atoms with van der Waals surface area (Å²) in [5.74, 6) is -1.65. The first-order valence-electron chi connectivity index (χ1n) is 6.27. The van der Waals surface area contributed by atoms with Crippen LogP contribution in [0.2, 0.25) is 0 Å². The number of nitrogens with zero attached hydrogens (tertiary/aromatic N) is 1. The van der Waals surface area contributed by atoms with Gasteiger partial charge in [-0.05, 0) is 31.0 Å². The summed E-state index contributed by atoms with van der Waals surface area (Å²) < 4.78 is 27.2. The first kappa shape index (κ1) is 15.2. The highest BCUT2D eigenvalue weighted by atomic mass is 32.2. The standard InChI is InChI=1S/C14H14N2O4S/c1-9-2-3-10(8-15)6-13(9)21(19,20)16-12-5-4-11(7-12)14(17)18/h2-6,11-12,16H,7H2,1H3,(H,17,18). The van der Waals surface area contributed by atoms with Gasteiger partial charge in [-0.15, -0.1) is 0 Å². The van der Waals surface area contributed by atoms with E-state index < -0.39 is 28.0 Å². The molecule has 2 rings (SSSR count). The Morgan fingerprint density at radius 2 is 2.14 bits per heavy atom. The van der Waals surface area contributed by atoms with E-state index in [1.807, 2.05) is 6.07 Å². The number of aliphatic carboxylic acids is 1. The van der Waals surface area contributed by atoms with Gasteiger partial charge >= 0.3 is 5.97 Å². The molecule has 0 radical (unpaired) electrons. The molecule has 1 aromatic carbocycles. The van der Waals surface area contributed by atoms with Crippen molar-refractivity contribution in [3.05, 3.63) is 41.5 Å². The predicted octanol–water partition coefficient (Wildman–Crippen LogP) is 1.17. The van der Waals surface area contributed by atoms with Crippen LogP contribution in [-0.4, -0.2) is 25.5 Å². The fourth-order valence-corrected chi connectivity index (χ4v) is 3.67. The number of carboxylic acids is 1. The van der Waals surface area contributed by atoms with Crippen molar-refractivity contribution in [3.63, 3.8) is 0 Å². The summed E-state index contributed by atoms with van der Waals surface area (Å²) in [6.07, 6.45) is 3.21. The van der Waals surface area contributed by atoms with Gasteiger partial charge in [-0.3, -0.25) is 4.79 Å². The predicted molar refractivity (Wildman–Crippen MR) is 74.9 cm³/mol. The molecular weight excluding hydrogens is 292 g/mol. The molecule has 2 N–H and O–H groups in total. The van der Waals surface area contributed by atoms with Crippen molar-refractivity contribution in [1.29, 1.82) is 5.26 Å². The molecule has 1 aliphatic carbocycles. The van der Waals surface area contributed by atoms with Crippen molar-refractivity contribution < 1.29 is 18.3 Å². The Balaban J connectivity index is 2.23. The Bertz CT molecular complexity index is 747. The third kappa shape index (κ3) is 3.29. The van der Waals surface area contributed by atoms with Crippen molar-refractivity contribution in [1.82, 2.24) is 4.72 Å². The highest BCUT2D eigenvalue weighted by molar-refractivity contribution is 7.89. The number of rotatable bonds is 4. The Hall–Kier alpha value is -2.17. The van der Waals surface area contributed by atoms with Crippen LogP contribution in [-0.2, 0) is 14.8 Å². The molecule has 6 nitrogen and oxygen atoms in total. The van der Waals surface area contributed by atoms with Gasteiger partial charge in [-0.2, -0.15) is 5.26 Å². The molecule has 0 heterocycles. The van der Waals surface area contributed by atoms with Crippen LogP contribution in [0.1, 0.15) is 17.5 Å². The number of nitrogens with one attached hydrogen (secondary N) is 1. The van der Waals surface area contributed by atoms with E-state index in [-0.39, 0.29) is 16.9 Å². The molecule has 0 fully saturated rings. The minimum Gasteiger partial charge on any atom is -0.481 e. The SMILES string of the molecule is Cc1ccc(C#N)cc1S(=O)(=O)NC1C=CC(C(=O)O)C1. The van der Waals surface area contributed by atoms with Gasteiger partial charge in [0, 0.05) is 6.04 Å². The van der Waals surface area contributed by atoms with E-state index in [1.165, 1.54) is 12.1 Å². The van der Waals surface area contributed by atoms with Crippen LogP contribution in [0.5, 0.6) is 0 Å². The highest BCUT2D eigenvalue weighted by Crippen LogP contribution is 2.22. The summed E-state index contributed by atoms with van der Waals surface area (Å²) >= 11 is 0. The largest absolute Gasteiger partial charge is 0.481 e. The average Bonchev–Trinajstić information content (AvgIpc) is 2.87. The minimum atomic E-state index is -3.80. The molecule has 1 aliphatic rings. The van der Waals surface area contributed by atoms with Crippen molar-refractivity contribution >= 4 is 16.0 Å². The minimum absolute atomic E-state index is 0.0359. The zero-order chi connectivity index (χ0) is 15.6. The summed E-state index contributed by atoms with van der Waals surface area (Å²) in [5, 5.41) is 17.8. The van der Waals surface area contributed by atoms with Crippen LogP contribution < -0.4 is 4.72 Å². The third-order valence-electron chi connectivity index (χ3n) is 3.31. The topological polar surface area (TPSA) is 107 Å². The van der Waals surface area contributed by atoms with Gasteiger partial charge in [0.25, 0.3) is 0 Å². The molecular formula is C14H14N2O4S. The summed E-state index contributed by atoms with van der Waals surface area (Å²) in [5.41, 5.74) is 0.782. The second-order valence-corrected chi connectivity index (χ2v) is 6.57. The number of sulfonamides is 1. The lowest BCUT2D eigenvalue weighted by Gasteiger charge is -2.14. The lowest BCUT2D eigenvalue weighted by atomic mass is 10.1. The van der Waals surface area contributed by atoms with Gasteiger partial charge < -0.3 is 5.11 Å². The van der Waals surface area contributed by atoms with Gasteiger partial charge in [0.1, 0.15) is 0 Å². The molecule has 0 spiro atoms. The molecule has 110 valence electrons. The van der Waals surface area contributed by atoms with Crippen LogP contribution >= 0.6 is 0 Å². The van der Waals surface area contributed by atoms with Crippen LogP contribution in [0.3, 0.4) is 0 Å². The van der Waals surface area contributed by atoms with E-state index in [0.29, 0.717) is 5.56 Å². The normalized spacial score (nSPS) is 21.1. The molecule has 0 aliphatic heterocycles.